The molecule has 12 nitrogen and oxygen atoms in total. The van der Waals surface area contributed by atoms with Gasteiger partial charge in [0.05, 0.1) is 30.3 Å². The fraction of sp³-hybridized carbons (Fsp3) is 0.400. The number of ether oxygens (including phenoxy) is 1. The Hall–Kier alpha value is -4.79. The summed E-state index contributed by atoms with van der Waals surface area (Å²) in [5.41, 5.74) is 0.702. The number of aliphatic hydroxyl groups excluding tert-OH is 1. The van der Waals surface area contributed by atoms with Gasteiger partial charge < -0.3 is 40.1 Å². The molecule has 0 unspecified atom stereocenters. The number of carbonyl (C=O) groups is 3. The highest BCUT2D eigenvalue weighted by Crippen LogP contribution is 2.32. The van der Waals surface area contributed by atoms with Crippen molar-refractivity contribution in [2.75, 3.05) is 42.7 Å². The third kappa shape index (κ3) is 7.84. The Labute approximate surface area is 257 Å². The van der Waals surface area contributed by atoms with Gasteiger partial charge in [0.25, 0.3) is 5.91 Å². The molecule has 0 spiro atoms. The van der Waals surface area contributed by atoms with E-state index in [1.807, 2.05) is 6.92 Å². The van der Waals surface area contributed by atoms with Gasteiger partial charge in [0, 0.05) is 30.9 Å². The number of alkyl halides is 3. The smallest absolute Gasteiger partial charge is 0.416 e. The highest BCUT2D eigenvalue weighted by atomic mass is 19.4. The molecule has 4 N–H and O–H groups in total. The molecule has 242 valence electrons. The first kappa shape index (κ1) is 33.1. The number of fused-ring (bicyclic) bond motifs is 1. The number of anilines is 3. The van der Waals surface area contributed by atoms with Gasteiger partial charge in [-0.1, -0.05) is 12.1 Å². The van der Waals surface area contributed by atoms with Crippen LogP contribution in [0.25, 0.3) is 0 Å². The van der Waals surface area contributed by atoms with Crippen LogP contribution in [0.5, 0.6) is 5.75 Å². The first-order valence-electron chi connectivity index (χ1n) is 14.1. The van der Waals surface area contributed by atoms with Gasteiger partial charge in [0.1, 0.15) is 23.2 Å². The number of aromatic nitrogens is 1. The molecule has 0 saturated heterocycles. The standard InChI is InChI=1S/C30H35F3N6O6/c1-16-13-39(17(2)15-40)27(41)23-12-22(34-28(42)36-26-18(3)37-45-19(26)4)10-11-24(23)44-25(16)14-38(5)29(43)35-21-8-6-20(7-9-21)30(31,32)33/h6-12,16-17,25,40H,13-15H2,1-5H3,(H,35,43)(H2,34,36,42)/t16-,17+,25+/m0/s1. The molecule has 2 heterocycles. The zero-order chi connectivity index (χ0) is 33.1. The average Bonchev–Trinajstić information content (AvgIpc) is 3.30. The number of likely N-dealkylation sites (N-methyl/N-ethyl adjacent to an activating group) is 1. The molecule has 1 aliphatic rings. The zero-order valence-electron chi connectivity index (χ0n) is 25.4. The van der Waals surface area contributed by atoms with E-state index >= 15 is 0 Å². The van der Waals surface area contributed by atoms with E-state index in [-0.39, 0.29) is 42.6 Å². The van der Waals surface area contributed by atoms with E-state index in [1.165, 1.54) is 41.1 Å². The van der Waals surface area contributed by atoms with Crippen molar-refractivity contribution >= 4 is 35.0 Å². The summed E-state index contributed by atoms with van der Waals surface area (Å²) in [7, 11) is 1.51. The molecule has 0 aliphatic carbocycles. The van der Waals surface area contributed by atoms with Crippen molar-refractivity contribution < 1.29 is 41.9 Å². The summed E-state index contributed by atoms with van der Waals surface area (Å²) in [6, 6.07) is 6.94. The maximum absolute atomic E-state index is 13.7. The van der Waals surface area contributed by atoms with Gasteiger partial charge in [-0.2, -0.15) is 13.2 Å². The van der Waals surface area contributed by atoms with E-state index in [9.17, 15) is 32.7 Å². The van der Waals surface area contributed by atoms with Crippen molar-refractivity contribution in [2.24, 2.45) is 5.92 Å². The van der Waals surface area contributed by atoms with Crippen LogP contribution in [0.2, 0.25) is 0 Å². The molecule has 3 atom stereocenters. The van der Waals surface area contributed by atoms with E-state index in [4.69, 9.17) is 9.26 Å². The van der Waals surface area contributed by atoms with E-state index in [2.05, 4.69) is 21.1 Å². The second kappa shape index (κ2) is 13.5. The molecule has 4 rings (SSSR count). The highest BCUT2D eigenvalue weighted by Gasteiger charge is 2.34. The Morgan fingerprint density at radius 1 is 1.11 bits per heavy atom. The summed E-state index contributed by atoms with van der Waals surface area (Å²) < 4.78 is 50.0. The lowest BCUT2D eigenvalue weighted by molar-refractivity contribution is -0.137. The summed E-state index contributed by atoms with van der Waals surface area (Å²) in [5.74, 6) is -0.0905. The van der Waals surface area contributed by atoms with E-state index in [1.54, 1.807) is 26.8 Å². The molecule has 1 aromatic heterocycles. The fourth-order valence-corrected chi connectivity index (χ4v) is 4.77. The van der Waals surface area contributed by atoms with E-state index < -0.39 is 41.9 Å². The number of nitrogens with zero attached hydrogens (tertiary/aromatic N) is 3. The largest absolute Gasteiger partial charge is 0.487 e. The lowest BCUT2D eigenvalue weighted by Crippen LogP contribution is -2.50. The molecule has 0 radical (unpaired) electrons. The molecule has 0 fully saturated rings. The Bertz CT molecular complexity index is 1520. The molecule has 0 saturated carbocycles. The van der Waals surface area contributed by atoms with Crippen LogP contribution in [0.3, 0.4) is 0 Å². The maximum atomic E-state index is 13.7. The van der Waals surface area contributed by atoms with Crippen LogP contribution in [0.4, 0.5) is 39.8 Å². The maximum Gasteiger partial charge on any atom is 0.416 e. The first-order chi connectivity index (χ1) is 21.2. The number of rotatable bonds is 7. The number of aryl methyl sites for hydroxylation is 2. The fourth-order valence-electron chi connectivity index (χ4n) is 4.77. The molecular formula is C30H35F3N6O6. The Morgan fingerprint density at radius 3 is 2.38 bits per heavy atom. The van der Waals surface area contributed by atoms with Crippen molar-refractivity contribution in [3.05, 3.63) is 65.0 Å². The summed E-state index contributed by atoms with van der Waals surface area (Å²) in [5, 5.41) is 21.6. The second-order valence-electron chi connectivity index (χ2n) is 11.0. The van der Waals surface area contributed by atoms with Crippen LogP contribution in [0.15, 0.2) is 47.0 Å². The predicted octanol–water partition coefficient (Wildman–Crippen LogP) is 5.34. The van der Waals surface area contributed by atoms with Crippen LogP contribution in [0.1, 0.15) is 41.2 Å². The number of nitrogens with one attached hydrogen (secondary N) is 3. The van der Waals surface area contributed by atoms with Gasteiger partial charge in [-0.15, -0.1) is 0 Å². The van der Waals surface area contributed by atoms with Crippen molar-refractivity contribution in [3.63, 3.8) is 0 Å². The number of hydrogen-bond acceptors (Lipinski definition) is 7. The predicted molar refractivity (Wildman–Crippen MR) is 159 cm³/mol. The van der Waals surface area contributed by atoms with Crippen LogP contribution in [-0.4, -0.2) is 76.9 Å². The quantitative estimate of drug-likeness (QED) is 0.275. The lowest BCUT2D eigenvalue weighted by Gasteiger charge is -2.38. The number of aliphatic hydroxyl groups is 1. The first-order valence-corrected chi connectivity index (χ1v) is 14.1. The monoisotopic (exact) mass is 632 g/mol. The van der Waals surface area contributed by atoms with Gasteiger partial charge in [0.15, 0.2) is 5.76 Å². The van der Waals surface area contributed by atoms with Gasteiger partial charge in [-0.25, -0.2) is 9.59 Å². The average molecular weight is 633 g/mol. The van der Waals surface area contributed by atoms with Crippen molar-refractivity contribution in [1.82, 2.24) is 15.0 Å². The minimum atomic E-state index is -4.50. The van der Waals surface area contributed by atoms with E-state index in [0.29, 0.717) is 22.8 Å². The summed E-state index contributed by atoms with van der Waals surface area (Å²) in [6.45, 7) is 6.82. The minimum absolute atomic E-state index is 0.0580. The summed E-state index contributed by atoms with van der Waals surface area (Å²) in [4.78, 5) is 42.2. The molecule has 3 aromatic rings. The third-order valence-corrected chi connectivity index (χ3v) is 7.46. The highest BCUT2D eigenvalue weighted by molar-refractivity contribution is 6.03. The van der Waals surface area contributed by atoms with E-state index in [0.717, 1.165) is 12.1 Å². The van der Waals surface area contributed by atoms with Gasteiger partial charge in [-0.3, -0.25) is 4.79 Å². The summed E-state index contributed by atoms with van der Waals surface area (Å²) in [6.07, 6.45) is -5.13. The molecule has 0 bridgehead atoms. The van der Waals surface area contributed by atoms with Gasteiger partial charge >= 0.3 is 18.2 Å². The van der Waals surface area contributed by atoms with Crippen LogP contribution in [0, 0.1) is 19.8 Å². The topological polar surface area (TPSA) is 149 Å². The second-order valence-corrected chi connectivity index (χ2v) is 11.0. The normalized spacial score (nSPS) is 17.4. The number of hydrogen-bond donors (Lipinski definition) is 4. The van der Waals surface area contributed by atoms with Crippen LogP contribution in [-0.2, 0) is 6.18 Å². The van der Waals surface area contributed by atoms with Crippen LogP contribution < -0.4 is 20.7 Å². The molecule has 1 aliphatic heterocycles. The summed E-state index contributed by atoms with van der Waals surface area (Å²) >= 11 is 0. The SMILES string of the molecule is Cc1noc(C)c1NC(=O)Nc1ccc2c(c1)C(=O)N([C@H](C)CO)C[C@H](C)[C@@H](CN(C)C(=O)Nc1ccc(C(F)(F)F)cc1)O2. The molecule has 2 aromatic carbocycles. The number of benzene rings is 2. The molecule has 45 heavy (non-hydrogen) atoms. The third-order valence-electron chi connectivity index (χ3n) is 7.46. The Morgan fingerprint density at radius 2 is 1.78 bits per heavy atom. The minimum Gasteiger partial charge on any atom is -0.487 e. The van der Waals surface area contributed by atoms with Crippen molar-refractivity contribution in [2.45, 2.75) is 46.0 Å². The lowest BCUT2D eigenvalue weighted by atomic mass is 9.99. The number of urea groups is 2. The number of amides is 5. The van der Waals surface area contributed by atoms with Gasteiger partial charge in [-0.05, 0) is 63.2 Å². The molecule has 15 heteroatoms. The number of carbonyl (C=O) groups excluding carboxylic acids is 3. The Balaban J connectivity index is 1.53. The van der Waals surface area contributed by atoms with Gasteiger partial charge in [0.2, 0.25) is 0 Å². The zero-order valence-corrected chi connectivity index (χ0v) is 25.4. The molecular weight excluding hydrogens is 597 g/mol. The number of halogens is 3. The van der Waals surface area contributed by atoms with Crippen LogP contribution >= 0.6 is 0 Å². The Kier molecular flexibility index (Phi) is 9.91. The molecule has 5 amide bonds. The van der Waals surface area contributed by atoms with Crippen molar-refractivity contribution in [1.29, 1.82) is 0 Å². The van der Waals surface area contributed by atoms with Crippen molar-refractivity contribution in [3.8, 4) is 5.75 Å².